The van der Waals surface area contributed by atoms with Crippen molar-refractivity contribution in [1.29, 1.82) is 0 Å². The zero-order valence-corrected chi connectivity index (χ0v) is 16.7. The number of amides is 4. The van der Waals surface area contributed by atoms with Gasteiger partial charge in [-0.05, 0) is 48.7 Å². The molecule has 0 bridgehead atoms. The monoisotopic (exact) mass is 418 g/mol. The molecule has 0 saturated carbocycles. The predicted octanol–water partition coefficient (Wildman–Crippen LogP) is 2.61. The lowest BCUT2D eigenvalue weighted by Gasteiger charge is -2.31. The molecule has 1 atom stereocenters. The lowest BCUT2D eigenvalue weighted by Crippen LogP contribution is -2.46. The maximum absolute atomic E-state index is 12.8. The van der Waals surface area contributed by atoms with Crippen LogP contribution in [0.2, 0.25) is 0 Å². The summed E-state index contributed by atoms with van der Waals surface area (Å²) < 4.78 is 10.7. The number of methoxy groups -OCH3 is 1. The number of thiophene rings is 1. The number of anilines is 1. The molecule has 9 nitrogen and oxygen atoms in total. The van der Waals surface area contributed by atoms with Crippen LogP contribution in [-0.4, -0.2) is 49.2 Å². The largest absolute Gasteiger partial charge is 0.497 e. The van der Waals surface area contributed by atoms with Gasteiger partial charge in [0.25, 0.3) is 0 Å². The number of carbonyl (C=O) groups excluding carboxylic acids is 3. The molecule has 29 heavy (non-hydrogen) atoms. The van der Waals surface area contributed by atoms with Gasteiger partial charge >= 0.3 is 18.0 Å². The average molecular weight is 418 g/mol. The standard InChI is InChI=1S/C19H22N4O5S/c1-27-12-6-4-11(5-7-12)15-9-14(22-18(20)25)16(29-15)17(24)28-13-3-2-8-23(10-13)19(21)26/h4-7,9,13H,2-3,8,10H2,1H3,(H2,21,26)(H3,20,22,25). The van der Waals surface area contributed by atoms with Gasteiger partial charge in [-0.25, -0.2) is 14.4 Å². The van der Waals surface area contributed by atoms with Gasteiger partial charge in [0.05, 0.1) is 19.3 Å². The summed E-state index contributed by atoms with van der Waals surface area (Å²) >= 11 is 1.18. The fourth-order valence-corrected chi connectivity index (χ4v) is 4.11. The number of carbonyl (C=O) groups is 3. The van der Waals surface area contributed by atoms with Crippen molar-refractivity contribution in [2.24, 2.45) is 11.5 Å². The summed E-state index contributed by atoms with van der Waals surface area (Å²) in [5.74, 6) is 0.117. The Morgan fingerprint density at radius 2 is 1.93 bits per heavy atom. The van der Waals surface area contributed by atoms with Gasteiger partial charge in [-0.1, -0.05) is 0 Å². The SMILES string of the molecule is COc1ccc(-c2cc(NC(N)=O)c(C(=O)OC3CCCN(C(N)=O)C3)s2)cc1. The van der Waals surface area contributed by atoms with Crippen LogP contribution >= 0.6 is 11.3 Å². The number of primary amides is 2. The second-order valence-electron chi connectivity index (χ2n) is 6.53. The fourth-order valence-electron chi connectivity index (χ4n) is 3.11. The van der Waals surface area contributed by atoms with E-state index in [9.17, 15) is 14.4 Å². The Kier molecular flexibility index (Phi) is 6.23. The molecular formula is C19H22N4O5S. The van der Waals surface area contributed by atoms with Gasteiger partial charge in [-0.2, -0.15) is 0 Å². The van der Waals surface area contributed by atoms with E-state index < -0.39 is 24.1 Å². The third-order valence-electron chi connectivity index (χ3n) is 4.51. The van der Waals surface area contributed by atoms with Crippen molar-refractivity contribution < 1.29 is 23.9 Å². The molecule has 0 aliphatic carbocycles. The summed E-state index contributed by atoms with van der Waals surface area (Å²) in [7, 11) is 1.58. The zero-order chi connectivity index (χ0) is 21.0. The van der Waals surface area contributed by atoms with Crippen molar-refractivity contribution in [2.75, 3.05) is 25.5 Å². The van der Waals surface area contributed by atoms with E-state index in [1.807, 2.05) is 12.1 Å². The van der Waals surface area contributed by atoms with Crippen LogP contribution in [0.15, 0.2) is 30.3 Å². The predicted molar refractivity (Wildman–Crippen MR) is 109 cm³/mol. The number of hydrogen-bond acceptors (Lipinski definition) is 6. The molecule has 3 rings (SSSR count). The minimum atomic E-state index is -0.782. The van der Waals surface area contributed by atoms with Crippen LogP contribution in [0.25, 0.3) is 10.4 Å². The molecule has 2 heterocycles. The van der Waals surface area contributed by atoms with Crippen LogP contribution in [0.4, 0.5) is 15.3 Å². The number of esters is 1. The number of urea groups is 2. The first-order chi connectivity index (χ1) is 13.9. The van der Waals surface area contributed by atoms with E-state index in [1.54, 1.807) is 25.3 Å². The highest BCUT2D eigenvalue weighted by atomic mass is 32.1. The topological polar surface area (TPSA) is 137 Å². The van der Waals surface area contributed by atoms with Crippen molar-refractivity contribution in [2.45, 2.75) is 18.9 Å². The van der Waals surface area contributed by atoms with Gasteiger partial charge in [-0.15, -0.1) is 11.3 Å². The third kappa shape index (κ3) is 4.96. The number of hydrogen-bond donors (Lipinski definition) is 3. The van der Waals surface area contributed by atoms with Crippen LogP contribution in [-0.2, 0) is 4.74 Å². The number of nitrogens with two attached hydrogens (primary N) is 2. The van der Waals surface area contributed by atoms with Crippen LogP contribution < -0.4 is 21.5 Å². The Bertz CT molecular complexity index is 912. The summed E-state index contributed by atoms with van der Waals surface area (Å²) in [5.41, 5.74) is 11.7. The Balaban J connectivity index is 1.82. The molecule has 1 aromatic heterocycles. The van der Waals surface area contributed by atoms with Gasteiger partial charge in [0.1, 0.15) is 16.7 Å². The number of benzene rings is 1. The van der Waals surface area contributed by atoms with E-state index in [1.165, 1.54) is 16.2 Å². The highest BCUT2D eigenvalue weighted by Gasteiger charge is 2.27. The highest BCUT2D eigenvalue weighted by molar-refractivity contribution is 7.18. The zero-order valence-electron chi connectivity index (χ0n) is 15.8. The molecule has 2 aromatic rings. The van der Waals surface area contributed by atoms with Crippen molar-refractivity contribution in [1.82, 2.24) is 4.90 Å². The second-order valence-corrected chi connectivity index (χ2v) is 7.58. The number of likely N-dealkylation sites (tertiary alicyclic amines) is 1. The number of piperidine rings is 1. The van der Waals surface area contributed by atoms with Gasteiger partial charge in [0.2, 0.25) is 0 Å². The summed E-state index contributed by atoms with van der Waals surface area (Å²) in [6.45, 7) is 0.787. The van der Waals surface area contributed by atoms with E-state index >= 15 is 0 Å². The Labute approximate surface area is 171 Å². The van der Waals surface area contributed by atoms with E-state index in [2.05, 4.69) is 5.32 Å². The summed E-state index contributed by atoms with van der Waals surface area (Å²) in [5, 5.41) is 2.47. The number of nitrogens with one attached hydrogen (secondary N) is 1. The molecule has 1 saturated heterocycles. The van der Waals surface area contributed by atoms with E-state index in [0.29, 0.717) is 25.1 Å². The first-order valence-corrected chi connectivity index (χ1v) is 9.79. The fraction of sp³-hybridized carbons (Fsp3) is 0.316. The lowest BCUT2D eigenvalue weighted by molar-refractivity contribution is 0.0134. The Morgan fingerprint density at radius 3 is 2.55 bits per heavy atom. The molecule has 4 amide bonds. The minimum absolute atomic E-state index is 0.228. The molecule has 1 unspecified atom stereocenters. The first kappa shape index (κ1) is 20.5. The summed E-state index contributed by atoms with van der Waals surface area (Å²) in [6.07, 6.45) is 0.858. The minimum Gasteiger partial charge on any atom is -0.497 e. The molecule has 0 spiro atoms. The molecule has 1 aliphatic heterocycles. The maximum Gasteiger partial charge on any atom is 0.350 e. The summed E-state index contributed by atoms with van der Waals surface area (Å²) in [4.78, 5) is 38.0. The Hall–Kier alpha value is -3.27. The molecule has 5 N–H and O–H groups in total. The molecule has 1 aliphatic rings. The molecule has 0 radical (unpaired) electrons. The second kappa shape index (κ2) is 8.82. The molecule has 10 heteroatoms. The van der Waals surface area contributed by atoms with E-state index in [4.69, 9.17) is 20.9 Å². The normalized spacial score (nSPS) is 16.2. The lowest BCUT2D eigenvalue weighted by atomic mass is 10.1. The molecule has 1 fully saturated rings. The van der Waals surface area contributed by atoms with Crippen LogP contribution in [0.3, 0.4) is 0 Å². The molecule has 1 aromatic carbocycles. The van der Waals surface area contributed by atoms with E-state index in [0.717, 1.165) is 10.4 Å². The van der Waals surface area contributed by atoms with Crippen molar-refractivity contribution >= 4 is 35.1 Å². The number of ether oxygens (including phenoxy) is 2. The van der Waals surface area contributed by atoms with Gasteiger partial charge < -0.3 is 31.2 Å². The van der Waals surface area contributed by atoms with Crippen LogP contribution in [0.5, 0.6) is 5.75 Å². The summed E-state index contributed by atoms with van der Waals surface area (Å²) in [6, 6.07) is 7.64. The average Bonchev–Trinajstić information content (AvgIpc) is 3.11. The van der Waals surface area contributed by atoms with Crippen LogP contribution in [0.1, 0.15) is 22.5 Å². The third-order valence-corrected chi connectivity index (χ3v) is 5.68. The van der Waals surface area contributed by atoms with Crippen molar-refractivity contribution in [3.05, 3.63) is 35.2 Å². The quantitative estimate of drug-likeness (QED) is 0.641. The van der Waals surface area contributed by atoms with Gasteiger partial charge in [0, 0.05) is 11.4 Å². The van der Waals surface area contributed by atoms with Gasteiger partial charge in [0.15, 0.2) is 0 Å². The highest BCUT2D eigenvalue weighted by Crippen LogP contribution is 2.36. The number of nitrogens with zero attached hydrogens (tertiary/aromatic N) is 1. The maximum atomic E-state index is 12.8. The molecule has 154 valence electrons. The van der Waals surface area contributed by atoms with Crippen LogP contribution in [0, 0.1) is 0 Å². The van der Waals surface area contributed by atoms with Crippen molar-refractivity contribution in [3.63, 3.8) is 0 Å². The van der Waals surface area contributed by atoms with Gasteiger partial charge in [-0.3, -0.25) is 0 Å². The van der Waals surface area contributed by atoms with E-state index in [-0.39, 0.29) is 17.1 Å². The molecular weight excluding hydrogens is 396 g/mol. The smallest absolute Gasteiger partial charge is 0.350 e. The Morgan fingerprint density at radius 1 is 1.21 bits per heavy atom. The first-order valence-electron chi connectivity index (χ1n) is 8.97. The number of rotatable bonds is 5. The van der Waals surface area contributed by atoms with Crippen molar-refractivity contribution in [3.8, 4) is 16.2 Å².